The highest BCUT2D eigenvalue weighted by Crippen LogP contribution is 2.40. The molecule has 8 nitrogen and oxygen atoms in total. The molecule has 11 heteroatoms. The molecule has 1 amide bonds. The van der Waals surface area contributed by atoms with E-state index in [1.165, 1.54) is 35.2 Å². The van der Waals surface area contributed by atoms with Crippen molar-refractivity contribution in [1.29, 1.82) is 0 Å². The van der Waals surface area contributed by atoms with Gasteiger partial charge < -0.3 is 15.8 Å². The van der Waals surface area contributed by atoms with Gasteiger partial charge in [-0.2, -0.15) is 0 Å². The van der Waals surface area contributed by atoms with Gasteiger partial charge in [0.1, 0.15) is 10.6 Å². The quantitative estimate of drug-likeness (QED) is 0.379. The number of thioether (sulfide) groups is 1. The summed E-state index contributed by atoms with van der Waals surface area (Å²) in [6, 6.07) is 9.58. The number of carbonyl (C=O) groups is 1. The maximum atomic E-state index is 13.4. The molecular weight excluding hydrogens is 463 g/mol. The van der Waals surface area contributed by atoms with Crippen molar-refractivity contribution in [2.24, 2.45) is 0 Å². The lowest BCUT2D eigenvalue weighted by molar-refractivity contribution is -0.113. The van der Waals surface area contributed by atoms with Gasteiger partial charge >= 0.3 is 0 Å². The van der Waals surface area contributed by atoms with E-state index in [0.29, 0.717) is 28.9 Å². The molecule has 0 spiro atoms. The molecule has 1 aliphatic rings. The molecule has 0 aliphatic carbocycles. The molecule has 0 radical (unpaired) electrons. The Morgan fingerprint density at radius 1 is 1.33 bits per heavy atom. The second-order valence-electron chi connectivity index (χ2n) is 7.60. The number of fused-ring (bicyclic) bond motifs is 1. The minimum absolute atomic E-state index is 0.0500. The highest BCUT2D eigenvalue weighted by Gasteiger charge is 2.25. The largest absolute Gasteiger partial charge is 0.397 e. The Balaban J connectivity index is 1.40. The van der Waals surface area contributed by atoms with Crippen LogP contribution in [-0.4, -0.2) is 44.1 Å². The number of nitrogens with zero attached hydrogens (tertiary/aromatic N) is 4. The average molecular weight is 485 g/mol. The number of halogens is 1. The summed E-state index contributed by atoms with van der Waals surface area (Å²) in [5.74, 6) is 0.0733. The second kappa shape index (κ2) is 9.46. The van der Waals surface area contributed by atoms with Gasteiger partial charge in [0, 0.05) is 23.9 Å². The van der Waals surface area contributed by atoms with Crippen molar-refractivity contribution < 1.29 is 13.9 Å². The first kappa shape index (κ1) is 21.8. The molecule has 1 fully saturated rings. The molecule has 0 saturated carbocycles. The standard InChI is InChI=1S/C22H21FN6O2S2/c23-13-4-1-5-14(10-13)26-17(30)12-32-22-28-27-20(29(22)11-15-6-3-9-31-15)19-18(24)16-7-2-8-25-21(16)33-19/h1-2,4-5,7-8,10,15H,3,6,9,11-12,24H2,(H,26,30)/t15-/m1/s1. The third kappa shape index (κ3) is 4.70. The van der Waals surface area contributed by atoms with E-state index in [1.54, 1.807) is 18.3 Å². The van der Waals surface area contributed by atoms with Crippen molar-refractivity contribution in [3.63, 3.8) is 0 Å². The van der Waals surface area contributed by atoms with Crippen LogP contribution in [0.15, 0.2) is 47.8 Å². The van der Waals surface area contributed by atoms with E-state index in [0.717, 1.165) is 34.5 Å². The number of carbonyl (C=O) groups excluding carboxylic acids is 1. The van der Waals surface area contributed by atoms with Crippen molar-refractivity contribution in [1.82, 2.24) is 19.7 Å². The van der Waals surface area contributed by atoms with Crippen LogP contribution < -0.4 is 11.1 Å². The van der Waals surface area contributed by atoms with Gasteiger partial charge in [-0.1, -0.05) is 17.8 Å². The van der Waals surface area contributed by atoms with E-state index in [2.05, 4.69) is 20.5 Å². The number of benzene rings is 1. The van der Waals surface area contributed by atoms with Crippen molar-refractivity contribution in [2.45, 2.75) is 30.6 Å². The first-order chi connectivity index (χ1) is 16.1. The SMILES string of the molecule is Nc1c(-c2nnc(SCC(=O)Nc3cccc(F)c3)n2C[C@H]2CCCO2)sc2ncccc12. The zero-order valence-corrected chi connectivity index (χ0v) is 19.2. The molecule has 170 valence electrons. The van der Waals surface area contributed by atoms with Crippen LogP contribution in [0.2, 0.25) is 0 Å². The summed E-state index contributed by atoms with van der Waals surface area (Å²) in [6.07, 6.45) is 3.74. The minimum atomic E-state index is -0.406. The lowest BCUT2D eigenvalue weighted by Gasteiger charge is -2.14. The second-order valence-corrected chi connectivity index (χ2v) is 9.54. The number of nitrogen functional groups attached to an aromatic ring is 1. The van der Waals surface area contributed by atoms with Gasteiger partial charge in [0.05, 0.1) is 29.0 Å². The summed E-state index contributed by atoms with van der Waals surface area (Å²) in [5, 5.41) is 12.9. The number of hydrogen-bond acceptors (Lipinski definition) is 8. The number of thiophene rings is 1. The Hall–Kier alpha value is -3.02. The van der Waals surface area contributed by atoms with Gasteiger partial charge in [-0.25, -0.2) is 9.37 Å². The van der Waals surface area contributed by atoms with E-state index in [1.807, 2.05) is 16.7 Å². The zero-order chi connectivity index (χ0) is 22.8. The third-order valence-electron chi connectivity index (χ3n) is 5.28. The number of ether oxygens (including phenoxy) is 1. The fraction of sp³-hybridized carbons (Fsp3) is 0.273. The summed E-state index contributed by atoms with van der Waals surface area (Å²) in [6.45, 7) is 1.30. The molecule has 3 aromatic heterocycles. The van der Waals surface area contributed by atoms with Gasteiger partial charge in [-0.3, -0.25) is 9.36 Å². The smallest absolute Gasteiger partial charge is 0.234 e. The third-order valence-corrected chi connectivity index (χ3v) is 7.37. The molecule has 1 aliphatic heterocycles. The highest BCUT2D eigenvalue weighted by atomic mass is 32.2. The molecular formula is C22H21FN6O2S2. The van der Waals surface area contributed by atoms with Crippen LogP contribution in [0.5, 0.6) is 0 Å². The number of aromatic nitrogens is 4. The number of hydrogen-bond donors (Lipinski definition) is 2. The summed E-state index contributed by atoms with van der Waals surface area (Å²) in [7, 11) is 0. The van der Waals surface area contributed by atoms with Gasteiger partial charge in [-0.05, 0) is 43.2 Å². The van der Waals surface area contributed by atoms with Gasteiger partial charge in [0.15, 0.2) is 11.0 Å². The van der Waals surface area contributed by atoms with Gasteiger partial charge in [0.25, 0.3) is 0 Å². The number of nitrogens with two attached hydrogens (primary N) is 1. The topological polar surface area (TPSA) is 108 Å². The minimum Gasteiger partial charge on any atom is -0.397 e. The van der Waals surface area contributed by atoms with E-state index in [9.17, 15) is 9.18 Å². The number of anilines is 2. The van der Waals surface area contributed by atoms with E-state index in [4.69, 9.17) is 10.5 Å². The number of pyridine rings is 1. The lowest BCUT2D eigenvalue weighted by Crippen LogP contribution is -2.18. The molecule has 1 saturated heterocycles. The van der Waals surface area contributed by atoms with Crippen LogP contribution in [0.25, 0.3) is 20.9 Å². The molecule has 4 heterocycles. The van der Waals surface area contributed by atoms with Crippen molar-refractivity contribution >= 4 is 50.6 Å². The zero-order valence-electron chi connectivity index (χ0n) is 17.5. The fourth-order valence-electron chi connectivity index (χ4n) is 3.73. The molecule has 4 aromatic rings. The summed E-state index contributed by atoms with van der Waals surface area (Å²) >= 11 is 2.73. The maximum Gasteiger partial charge on any atom is 0.234 e. The predicted octanol–water partition coefficient (Wildman–Crippen LogP) is 4.19. The monoisotopic (exact) mass is 484 g/mol. The van der Waals surface area contributed by atoms with Crippen LogP contribution in [0, 0.1) is 5.82 Å². The van der Waals surface area contributed by atoms with E-state index >= 15 is 0 Å². The van der Waals surface area contributed by atoms with Crippen molar-refractivity contribution in [2.75, 3.05) is 23.4 Å². The molecule has 0 unspecified atom stereocenters. The Labute approximate surface area is 197 Å². The molecule has 3 N–H and O–H groups in total. The summed E-state index contributed by atoms with van der Waals surface area (Å²) < 4.78 is 21.2. The van der Waals surface area contributed by atoms with Gasteiger partial charge in [0.2, 0.25) is 5.91 Å². The predicted molar refractivity (Wildman–Crippen MR) is 128 cm³/mol. The van der Waals surface area contributed by atoms with Crippen LogP contribution >= 0.6 is 23.1 Å². The Morgan fingerprint density at radius 2 is 2.24 bits per heavy atom. The summed E-state index contributed by atoms with van der Waals surface area (Å²) in [4.78, 5) is 18.5. The Bertz CT molecular complexity index is 1300. The number of amides is 1. The van der Waals surface area contributed by atoms with Crippen LogP contribution in [0.3, 0.4) is 0 Å². The first-order valence-electron chi connectivity index (χ1n) is 10.4. The molecule has 1 atom stereocenters. The number of rotatable bonds is 7. The Morgan fingerprint density at radius 3 is 3.03 bits per heavy atom. The van der Waals surface area contributed by atoms with Crippen molar-refractivity contribution in [3.05, 3.63) is 48.4 Å². The van der Waals surface area contributed by atoms with Crippen LogP contribution in [0.4, 0.5) is 15.8 Å². The van der Waals surface area contributed by atoms with Crippen LogP contribution in [-0.2, 0) is 16.1 Å². The normalized spacial score (nSPS) is 15.8. The maximum absolute atomic E-state index is 13.4. The average Bonchev–Trinajstić information content (AvgIpc) is 3.53. The fourth-order valence-corrected chi connectivity index (χ4v) is 5.54. The van der Waals surface area contributed by atoms with Gasteiger partial charge in [-0.15, -0.1) is 21.5 Å². The highest BCUT2D eigenvalue weighted by molar-refractivity contribution is 7.99. The molecule has 1 aromatic carbocycles. The molecule has 0 bridgehead atoms. The first-order valence-corrected chi connectivity index (χ1v) is 12.2. The van der Waals surface area contributed by atoms with E-state index in [-0.39, 0.29) is 17.8 Å². The molecule has 33 heavy (non-hydrogen) atoms. The lowest BCUT2D eigenvalue weighted by atomic mass is 10.2. The Kier molecular flexibility index (Phi) is 6.25. The van der Waals surface area contributed by atoms with Crippen molar-refractivity contribution in [3.8, 4) is 10.7 Å². The van der Waals surface area contributed by atoms with Crippen LogP contribution in [0.1, 0.15) is 12.8 Å². The van der Waals surface area contributed by atoms with E-state index < -0.39 is 5.82 Å². The number of nitrogens with one attached hydrogen (secondary N) is 1. The summed E-state index contributed by atoms with van der Waals surface area (Å²) in [5.41, 5.74) is 7.46. The molecule has 5 rings (SSSR count).